The Morgan fingerprint density at radius 1 is 1.10 bits per heavy atom. The van der Waals surface area contributed by atoms with Gasteiger partial charge in [0.25, 0.3) is 0 Å². The van der Waals surface area contributed by atoms with Crippen LogP contribution in [0.4, 0.5) is 5.69 Å². The van der Waals surface area contributed by atoms with Gasteiger partial charge in [-0.25, -0.2) is 9.97 Å². The first-order valence-corrected chi connectivity index (χ1v) is 10.5. The van der Waals surface area contributed by atoms with Crippen molar-refractivity contribution in [2.75, 3.05) is 0 Å². The lowest BCUT2D eigenvalue weighted by Gasteiger charge is -2.19. The summed E-state index contributed by atoms with van der Waals surface area (Å²) in [7, 11) is 0. The molecule has 0 bridgehead atoms. The summed E-state index contributed by atoms with van der Waals surface area (Å²) in [5.41, 5.74) is 4.57. The summed E-state index contributed by atoms with van der Waals surface area (Å²) >= 11 is 0. The Hall–Kier alpha value is -2.57. The van der Waals surface area contributed by atoms with E-state index in [0.29, 0.717) is 11.8 Å². The van der Waals surface area contributed by atoms with Gasteiger partial charge in [0.05, 0.1) is 17.8 Å². The summed E-state index contributed by atoms with van der Waals surface area (Å²) in [6.07, 6.45) is 9.54. The molecule has 0 radical (unpaired) electrons. The predicted molar refractivity (Wildman–Crippen MR) is 110 cm³/mol. The largest absolute Gasteiger partial charge is 0.390 e. The minimum absolute atomic E-state index is 0.0571. The molecule has 2 saturated carbocycles. The number of aromatic nitrogens is 3. The van der Waals surface area contributed by atoms with Crippen molar-refractivity contribution < 1.29 is 10.2 Å². The Kier molecular flexibility index (Phi) is 3.86. The van der Waals surface area contributed by atoms with Gasteiger partial charge in [0.2, 0.25) is 0 Å². The summed E-state index contributed by atoms with van der Waals surface area (Å²) in [6.45, 7) is 0. The minimum Gasteiger partial charge on any atom is -0.390 e. The third-order valence-electron chi connectivity index (χ3n) is 7.05. The molecule has 0 saturated heterocycles. The highest BCUT2D eigenvalue weighted by atomic mass is 16.3. The number of rotatable bonds is 4. The molecule has 2 aromatic heterocycles. The van der Waals surface area contributed by atoms with E-state index in [1.807, 2.05) is 16.8 Å². The van der Waals surface area contributed by atoms with Crippen molar-refractivity contribution in [3.63, 3.8) is 0 Å². The first-order valence-electron chi connectivity index (χ1n) is 10.5. The van der Waals surface area contributed by atoms with Crippen LogP contribution in [0, 0.1) is 11.8 Å². The van der Waals surface area contributed by atoms with Crippen molar-refractivity contribution in [2.24, 2.45) is 16.8 Å². The molecule has 0 spiro atoms. The lowest BCUT2D eigenvalue weighted by molar-refractivity contribution is 0.00545. The molecule has 2 N–H and O–H groups in total. The lowest BCUT2D eigenvalue weighted by Crippen LogP contribution is -2.29. The van der Waals surface area contributed by atoms with E-state index in [9.17, 15) is 10.2 Å². The fourth-order valence-corrected chi connectivity index (χ4v) is 5.26. The fraction of sp³-hybridized carbons (Fsp3) is 0.435. The second kappa shape index (κ2) is 6.47. The average Bonchev–Trinajstić information content (AvgIpc) is 3.36. The molecular weight excluding hydrogens is 364 g/mol. The number of aryl methyl sites for hydroxylation is 1. The Bertz CT molecular complexity index is 1110. The second-order valence-corrected chi connectivity index (χ2v) is 8.79. The van der Waals surface area contributed by atoms with Crippen LogP contribution in [-0.4, -0.2) is 43.2 Å². The van der Waals surface area contributed by atoms with Crippen molar-refractivity contribution in [3.05, 3.63) is 54.1 Å². The van der Waals surface area contributed by atoms with E-state index in [1.54, 1.807) is 6.20 Å². The Balaban J connectivity index is 1.18. The lowest BCUT2D eigenvalue weighted by atomic mass is 9.94. The minimum atomic E-state index is -0.787. The van der Waals surface area contributed by atoms with Gasteiger partial charge in [0, 0.05) is 29.9 Å². The molecule has 1 aliphatic heterocycles. The van der Waals surface area contributed by atoms with Crippen LogP contribution in [0.3, 0.4) is 0 Å². The monoisotopic (exact) mass is 388 g/mol. The van der Waals surface area contributed by atoms with E-state index in [2.05, 4.69) is 39.4 Å². The molecule has 2 aliphatic carbocycles. The van der Waals surface area contributed by atoms with Gasteiger partial charge in [-0.3, -0.25) is 4.99 Å². The smallest absolute Gasteiger partial charge is 0.143 e. The molecule has 0 amide bonds. The van der Waals surface area contributed by atoms with E-state index >= 15 is 0 Å². The van der Waals surface area contributed by atoms with Crippen LogP contribution in [0.25, 0.3) is 11.0 Å². The highest BCUT2D eigenvalue weighted by Crippen LogP contribution is 2.52. The molecule has 6 rings (SSSR count). The van der Waals surface area contributed by atoms with Crippen LogP contribution in [0.5, 0.6) is 0 Å². The van der Waals surface area contributed by atoms with Gasteiger partial charge in [0.15, 0.2) is 0 Å². The molecule has 29 heavy (non-hydrogen) atoms. The van der Waals surface area contributed by atoms with E-state index in [1.165, 1.54) is 23.9 Å². The first-order chi connectivity index (χ1) is 14.2. The van der Waals surface area contributed by atoms with E-state index in [-0.39, 0.29) is 12.0 Å². The summed E-state index contributed by atoms with van der Waals surface area (Å²) in [5, 5.41) is 22.4. The van der Waals surface area contributed by atoms with Crippen LogP contribution in [0.15, 0.2) is 48.0 Å². The van der Waals surface area contributed by atoms with Crippen LogP contribution in [-0.2, 0) is 6.42 Å². The van der Waals surface area contributed by atoms with Gasteiger partial charge in [0.1, 0.15) is 18.1 Å². The highest BCUT2D eigenvalue weighted by Gasteiger charge is 2.43. The molecule has 3 aliphatic rings. The molecule has 6 heteroatoms. The fourth-order valence-electron chi connectivity index (χ4n) is 5.26. The standard InChI is InChI=1S/C23H24N4O2/c28-21-14(3-1-13-2-4-17-18-8-16(18)11-25-19(17)7-13)9-20(22(21)29)27-6-5-15-10-24-12-26-23(15)27/h2,4-7,10-12,14,16,18,20-22,28-29H,1,3,8-9H2/t14-,16-,18-,20+,21+,22-/m0/s1. The molecule has 2 fully saturated rings. The summed E-state index contributed by atoms with van der Waals surface area (Å²) in [6, 6.07) is 8.44. The quantitative estimate of drug-likeness (QED) is 0.719. The van der Waals surface area contributed by atoms with Crippen molar-refractivity contribution in [2.45, 2.75) is 49.9 Å². The third kappa shape index (κ3) is 2.81. The number of benzene rings is 1. The maximum atomic E-state index is 10.7. The zero-order valence-corrected chi connectivity index (χ0v) is 16.1. The van der Waals surface area contributed by atoms with Gasteiger partial charge in [-0.1, -0.05) is 12.1 Å². The highest BCUT2D eigenvalue weighted by molar-refractivity contribution is 5.77. The number of aliphatic imine (C=N–C) groups is 1. The van der Waals surface area contributed by atoms with Crippen molar-refractivity contribution in [1.29, 1.82) is 0 Å². The molecule has 148 valence electrons. The normalized spacial score (nSPS) is 32.3. The molecule has 6 nitrogen and oxygen atoms in total. The number of aliphatic hydroxyl groups is 2. The molecule has 0 unspecified atom stereocenters. The Morgan fingerprint density at radius 3 is 2.97 bits per heavy atom. The number of aliphatic hydroxyl groups excluding tert-OH is 2. The average molecular weight is 388 g/mol. The number of fused-ring (bicyclic) bond motifs is 4. The SMILES string of the molecule is O[C@@H]1[C@@H](CCc2ccc3c(c2)N=C[C@@H]2C[C@H]32)C[C@@H](n2ccc3cncnc32)[C@@H]1O. The molecule has 1 aromatic carbocycles. The van der Waals surface area contributed by atoms with Crippen molar-refractivity contribution >= 4 is 22.9 Å². The number of nitrogens with zero attached hydrogens (tertiary/aromatic N) is 4. The zero-order chi connectivity index (χ0) is 19.5. The molecule has 6 atom stereocenters. The van der Waals surface area contributed by atoms with E-state index < -0.39 is 12.2 Å². The van der Waals surface area contributed by atoms with Crippen LogP contribution in [0.1, 0.15) is 42.3 Å². The first kappa shape index (κ1) is 17.3. The molecular formula is C23H24N4O2. The second-order valence-electron chi connectivity index (χ2n) is 8.79. The van der Waals surface area contributed by atoms with Crippen molar-refractivity contribution in [1.82, 2.24) is 14.5 Å². The Morgan fingerprint density at radius 2 is 2.03 bits per heavy atom. The molecule has 3 heterocycles. The Labute approximate surface area is 169 Å². The van der Waals surface area contributed by atoms with Gasteiger partial charge < -0.3 is 14.8 Å². The van der Waals surface area contributed by atoms with Gasteiger partial charge in [-0.2, -0.15) is 0 Å². The summed E-state index contributed by atoms with van der Waals surface area (Å²) < 4.78 is 1.99. The maximum Gasteiger partial charge on any atom is 0.143 e. The summed E-state index contributed by atoms with van der Waals surface area (Å²) in [5.74, 6) is 1.40. The van der Waals surface area contributed by atoms with Gasteiger partial charge in [-0.05, 0) is 60.8 Å². The topological polar surface area (TPSA) is 83.5 Å². The van der Waals surface area contributed by atoms with E-state index in [0.717, 1.165) is 36.0 Å². The molecule has 3 aromatic rings. The van der Waals surface area contributed by atoms with Crippen LogP contribution in [0.2, 0.25) is 0 Å². The van der Waals surface area contributed by atoms with E-state index in [4.69, 9.17) is 0 Å². The summed E-state index contributed by atoms with van der Waals surface area (Å²) in [4.78, 5) is 13.0. The van der Waals surface area contributed by atoms with Crippen LogP contribution >= 0.6 is 0 Å². The maximum absolute atomic E-state index is 10.7. The third-order valence-corrected chi connectivity index (χ3v) is 7.05. The van der Waals surface area contributed by atoms with Crippen LogP contribution < -0.4 is 0 Å². The number of hydrogen-bond donors (Lipinski definition) is 2. The zero-order valence-electron chi connectivity index (χ0n) is 16.1. The number of hydrogen-bond acceptors (Lipinski definition) is 5. The predicted octanol–water partition coefficient (Wildman–Crippen LogP) is 3.17. The van der Waals surface area contributed by atoms with Gasteiger partial charge in [-0.15, -0.1) is 0 Å². The van der Waals surface area contributed by atoms with Gasteiger partial charge >= 0.3 is 0 Å². The van der Waals surface area contributed by atoms with Crippen molar-refractivity contribution in [3.8, 4) is 0 Å².